The molecule has 0 aliphatic carbocycles. The van der Waals surface area contributed by atoms with E-state index in [-0.39, 0.29) is 12.0 Å². The van der Waals surface area contributed by atoms with Gasteiger partial charge in [0.2, 0.25) is 0 Å². The molecule has 0 amide bonds. The number of nitrogens with zero attached hydrogens (tertiary/aromatic N) is 2. The maximum absolute atomic E-state index is 11.7. The van der Waals surface area contributed by atoms with Crippen LogP contribution in [0.4, 0.5) is 5.69 Å². The Morgan fingerprint density at radius 3 is 2.42 bits per heavy atom. The molecule has 2 rings (SSSR count). The number of nitrogens with one attached hydrogen (secondary N) is 1. The summed E-state index contributed by atoms with van der Waals surface area (Å²) < 4.78 is 4.99. The van der Waals surface area contributed by atoms with Crippen LogP contribution in [0.25, 0.3) is 0 Å². The molecule has 6 heteroatoms. The summed E-state index contributed by atoms with van der Waals surface area (Å²) in [7, 11) is 0. The number of carbonyl (C=O) groups is 1. The van der Waals surface area contributed by atoms with Gasteiger partial charge < -0.3 is 15.0 Å². The van der Waals surface area contributed by atoms with Crippen molar-refractivity contribution in [3.63, 3.8) is 0 Å². The van der Waals surface area contributed by atoms with Crippen LogP contribution in [0.15, 0.2) is 48.8 Å². The van der Waals surface area contributed by atoms with Crippen molar-refractivity contribution >= 4 is 29.0 Å². The van der Waals surface area contributed by atoms with Crippen LogP contribution in [-0.2, 0) is 11.2 Å². The Labute approximate surface area is 160 Å². The van der Waals surface area contributed by atoms with Crippen LogP contribution in [-0.4, -0.2) is 40.2 Å². The molecule has 26 heavy (non-hydrogen) atoms. The number of esters is 1. The van der Waals surface area contributed by atoms with Crippen molar-refractivity contribution in [3.05, 3.63) is 59.9 Å². The van der Waals surface area contributed by atoms with Crippen molar-refractivity contribution in [2.45, 2.75) is 33.2 Å². The van der Waals surface area contributed by atoms with Gasteiger partial charge in [0.15, 0.2) is 5.11 Å². The summed E-state index contributed by atoms with van der Waals surface area (Å²) in [6.45, 7) is 7.20. The highest BCUT2D eigenvalue weighted by molar-refractivity contribution is 7.80. The van der Waals surface area contributed by atoms with E-state index in [9.17, 15) is 4.79 Å². The van der Waals surface area contributed by atoms with Crippen molar-refractivity contribution in [1.82, 2.24) is 9.88 Å². The first-order valence-corrected chi connectivity index (χ1v) is 9.15. The Kier molecular flexibility index (Phi) is 7.53. The lowest BCUT2D eigenvalue weighted by molar-refractivity contribution is 0.0526. The van der Waals surface area contributed by atoms with Gasteiger partial charge in [-0.2, -0.15) is 0 Å². The smallest absolute Gasteiger partial charge is 0.338 e. The molecule has 0 radical (unpaired) electrons. The molecule has 0 saturated heterocycles. The molecule has 0 bridgehead atoms. The Hall–Kier alpha value is -2.47. The van der Waals surface area contributed by atoms with E-state index in [1.54, 1.807) is 31.5 Å². The highest BCUT2D eigenvalue weighted by Gasteiger charge is 2.14. The summed E-state index contributed by atoms with van der Waals surface area (Å²) in [5.74, 6) is -0.317. The second-order valence-corrected chi connectivity index (χ2v) is 6.51. The fourth-order valence-electron chi connectivity index (χ4n) is 2.49. The van der Waals surface area contributed by atoms with Crippen molar-refractivity contribution in [1.29, 1.82) is 0 Å². The monoisotopic (exact) mass is 371 g/mol. The van der Waals surface area contributed by atoms with E-state index >= 15 is 0 Å². The summed E-state index contributed by atoms with van der Waals surface area (Å²) in [4.78, 5) is 17.9. The number of aromatic nitrogens is 1. The highest BCUT2D eigenvalue weighted by atomic mass is 32.1. The number of thiocarbonyl (C=S) groups is 1. The van der Waals surface area contributed by atoms with E-state index in [1.807, 2.05) is 24.3 Å². The van der Waals surface area contributed by atoms with Crippen LogP contribution in [0.2, 0.25) is 0 Å². The lowest BCUT2D eigenvalue weighted by Crippen LogP contribution is -2.41. The summed E-state index contributed by atoms with van der Waals surface area (Å²) in [5.41, 5.74) is 2.60. The quantitative estimate of drug-likeness (QED) is 0.588. The first kappa shape index (κ1) is 19.8. The number of anilines is 1. The number of hydrogen-bond donors (Lipinski definition) is 1. The number of hydrogen-bond acceptors (Lipinski definition) is 4. The van der Waals surface area contributed by atoms with Crippen LogP contribution < -0.4 is 5.32 Å². The Balaban J connectivity index is 1.97. The molecule has 0 aliphatic heterocycles. The summed E-state index contributed by atoms with van der Waals surface area (Å²) in [5, 5.41) is 3.92. The highest BCUT2D eigenvalue weighted by Crippen LogP contribution is 2.13. The van der Waals surface area contributed by atoms with Gasteiger partial charge in [0, 0.05) is 30.7 Å². The van der Waals surface area contributed by atoms with Crippen LogP contribution in [0.1, 0.15) is 36.7 Å². The number of pyridine rings is 1. The van der Waals surface area contributed by atoms with Crippen molar-refractivity contribution in [2.75, 3.05) is 18.5 Å². The van der Waals surface area contributed by atoms with Crippen molar-refractivity contribution in [2.24, 2.45) is 0 Å². The molecule has 138 valence electrons. The minimum Gasteiger partial charge on any atom is -0.462 e. The zero-order chi connectivity index (χ0) is 18.9. The lowest BCUT2D eigenvalue weighted by Gasteiger charge is -2.29. The predicted octanol–water partition coefficient (Wildman–Crippen LogP) is 3.91. The van der Waals surface area contributed by atoms with E-state index in [0.29, 0.717) is 17.3 Å². The zero-order valence-electron chi connectivity index (χ0n) is 15.4. The van der Waals surface area contributed by atoms with Gasteiger partial charge in [0.25, 0.3) is 0 Å². The third kappa shape index (κ3) is 5.81. The van der Waals surface area contributed by atoms with Crippen LogP contribution in [0.5, 0.6) is 0 Å². The number of ether oxygens (including phenoxy) is 1. The number of carbonyl (C=O) groups excluding carboxylic acids is 1. The van der Waals surface area contributed by atoms with Gasteiger partial charge in [-0.05, 0) is 81.4 Å². The fourth-order valence-corrected chi connectivity index (χ4v) is 2.91. The minimum absolute atomic E-state index is 0.274. The SMILES string of the molecule is CCOC(=O)c1ccc(NC(=S)N(CCc2ccncc2)C(C)C)cc1. The van der Waals surface area contributed by atoms with E-state index in [2.05, 4.69) is 29.0 Å². The second kappa shape index (κ2) is 9.87. The zero-order valence-corrected chi connectivity index (χ0v) is 16.3. The van der Waals surface area contributed by atoms with E-state index in [0.717, 1.165) is 18.7 Å². The Morgan fingerprint density at radius 1 is 1.19 bits per heavy atom. The summed E-state index contributed by atoms with van der Waals surface area (Å²) in [6, 6.07) is 11.4. The number of benzene rings is 1. The van der Waals surface area contributed by atoms with Gasteiger partial charge >= 0.3 is 5.97 Å². The molecule has 1 aromatic carbocycles. The standard InChI is InChI=1S/C20H25N3O2S/c1-4-25-19(24)17-5-7-18(8-6-17)22-20(26)23(15(2)3)14-11-16-9-12-21-13-10-16/h5-10,12-13,15H,4,11,14H2,1-3H3,(H,22,26). The minimum atomic E-state index is -0.317. The first-order chi connectivity index (χ1) is 12.5. The molecule has 1 aromatic heterocycles. The van der Waals surface area contributed by atoms with Crippen LogP contribution in [0, 0.1) is 0 Å². The molecular weight excluding hydrogens is 346 g/mol. The first-order valence-electron chi connectivity index (χ1n) is 8.75. The molecule has 0 spiro atoms. The van der Waals surface area contributed by atoms with Crippen molar-refractivity contribution in [3.8, 4) is 0 Å². The molecule has 1 N–H and O–H groups in total. The molecule has 0 saturated carbocycles. The topological polar surface area (TPSA) is 54.5 Å². The maximum atomic E-state index is 11.7. The van der Waals surface area contributed by atoms with Gasteiger partial charge in [-0.1, -0.05) is 0 Å². The molecular formula is C20H25N3O2S. The van der Waals surface area contributed by atoms with Gasteiger partial charge in [-0.15, -0.1) is 0 Å². The third-order valence-corrected chi connectivity index (χ3v) is 4.26. The van der Waals surface area contributed by atoms with Crippen LogP contribution in [0.3, 0.4) is 0 Å². The molecule has 2 aromatic rings. The molecule has 0 fully saturated rings. The fraction of sp³-hybridized carbons (Fsp3) is 0.350. The predicted molar refractivity (Wildman–Crippen MR) is 108 cm³/mol. The maximum Gasteiger partial charge on any atom is 0.338 e. The average Bonchev–Trinajstić information content (AvgIpc) is 2.63. The normalized spacial score (nSPS) is 10.5. The third-order valence-electron chi connectivity index (χ3n) is 3.92. The Bertz CT molecular complexity index is 718. The van der Waals surface area contributed by atoms with E-state index in [1.165, 1.54) is 5.56 Å². The Morgan fingerprint density at radius 2 is 1.85 bits per heavy atom. The molecule has 1 heterocycles. The van der Waals surface area contributed by atoms with Gasteiger partial charge in [0.05, 0.1) is 12.2 Å². The van der Waals surface area contributed by atoms with E-state index < -0.39 is 0 Å². The van der Waals surface area contributed by atoms with Crippen LogP contribution >= 0.6 is 12.2 Å². The van der Waals surface area contributed by atoms with Gasteiger partial charge in [-0.3, -0.25) is 4.98 Å². The van der Waals surface area contributed by atoms with Gasteiger partial charge in [0.1, 0.15) is 0 Å². The second-order valence-electron chi connectivity index (χ2n) is 6.12. The van der Waals surface area contributed by atoms with E-state index in [4.69, 9.17) is 17.0 Å². The lowest BCUT2D eigenvalue weighted by atomic mass is 10.2. The molecule has 0 unspecified atom stereocenters. The summed E-state index contributed by atoms with van der Waals surface area (Å²) in [6.07, 6.45) is 4.50. The largest absolute Gasteiger partial charge is 0.462 e. The molecule has 5 nitrogen and oxygen atoms in total. The molecule has 0 atom stereocenters. The summed E-state index contributed by atoms with van der Waals surface area (Å²) >= 11 is 5.59. The molecule has 0 aliphatic rings. The number of rotatable bonds is 7. The average molecular weight is 372 g/mol. The van der Waals surface area contributed by atoms with Crippen molar-refractivity contribution < 1.29 is 9.53 Å². The van der Waals surface area contributed by atoms with Gasteiger partial charge in [-0.25, -0.2) is 4.79 Å².